The highest BCUT2D eigenvalue weighted by Crippen LogP contribution is 2.29. The van der Waals surface area contributed by atoms with Crippen molar-refractivity contribution in [2.45, 2.75) is 20.3 Å². The van der Waals surface area contributed by atoms with Gasteiger partial charge < -0.3 is 4.90 Å². The van der Waals surface area contributed by atoms with Crippen LogP contribution in [0.15, 0.2) is 30.5 Å². The number of halogens is 2. The second-order valence-electron chi connectivity index (χ2n) is 4.47. The molecule has 3 nitrogen and oxygen atoms in total. The molecule has 0 aliphatic rings. The average molecular weight is 310 g/mol. The van der Waals surface area contributed by atoms with E-state index < -0.39 is 0 Å². The van der Waals surface area contributed by atoms with Crippen molar-refractivity contribution < 1.29 is 0 Å². The van der Waals surface area contributed by atoms with Gasteiger partial charge in [-0.25, -0.2) is 9.97 Å². The van der Waals surface area contributed by atoms with Crippen molar-refractivity contribution in [3.63, 3.8) is 0 Å². The summed E-state index contributed by atoms with van der Waals surface area (Å²) in [5.74, 6) is 0. The predicted octanol–water partition coefficient (Wildman–Crippen LogP) is 4.69. The van der Waals surface area contributed by atoms with Crippen LogP contribution in [-0.4, -0.2) is 23.1 Å². The minimum atomic E-state index is 0.204. The molecule has 2 rings (SSSR count). The maximum absolute atomic E-state index is 6.16. The van der Waals surface area contributed by atoms with Crippen LogP contribution >= 0.6 is 23.2 Å². The van der Waals surface area contributed by atoms with E-state index in [1.165, 1.54) is 6.20 Å². The summed E-state index contributed by atoms with van der Waals surface area (Å²) in [7, 11) is 0. The van der Waals surface area contributed by atoms with Crippen LogP contribution in [-0.2, 0) is 0 Å². The summed E-state index contributed by atoms with van der Waals surface area (Å²) in [4.78, 5) is 10.4. The Balaban J connectivity index is 2.41. The molecular weight excluding hydrogens is 293 g/mol. The first-order valence-electron chi connectivity index (χ1n) is 6.69. The Hall–Kier alpha value is -1.32. The van der Waals surface area contributed by atoms with Crippen LogP contribution in [0, 0.1) is 0 Å². The summed E-state index contributed by atoms with van der Waals surface area (Å²) in [6.45, 7) is 6.32. The molecule has 106 valence electrons. The van der Waals surface area contributed by atoms with Gasteiger partial charge in [0.25, 0.3) is 0 Å². The molecule has 0 aliphatic carbocycles. The molecule has 2 aromatic rings. The number of aromatic nitrogens is 2. The van der Waals surface area contributed by atoms with E-state index in [9.17, 15) is 0 Å². The smallest absolute Gasteiger partial charge is 0.222 e. The molecule has 0 N–H and O–H groups in total. The highest BCUT2D eigenvalue weighted by molar-refractivity contribution is 6.33. The van der Waals surface area contributed by atoms with Crippen LogP contribution in [0.5, 0.6) is 0 Å². The van der Waals surface area contributed by atoms with Gasteiger partial charge in [0.2, 0.25) is 5.28 Å². The number of hydrogen-bond acceptors (Lipinski definition) is 3. The zero-order valence-corrected chi connectivity index (χ0v) is 13.1. The maximum atomic E-state index is 6.16. The van der Waals surface area contributed by atoms with Gasteiger partial charge in [0.1, 0.15) is 0 Å². The van der Waals surface area contributed by atoms with Crippen molar-refractivity contribution in [1.82, 2.24) is 9.97 Å². The molecule has 0 saturated carbocycles. The molecule has 1 heterocycles. The molecule has 0 bridgehead atoms. The third-order valence-electron chi connectivity index (χ3n) is 3.07. The zero-order chi connectivity index (χ0) is 14.5. The fraction of sp³-hybridized carbons (Fsp3) is 0.333. The second-order valence-corrected chi connectivity index (χ2v) is 5.21. The monoisotopic (exact) mass is 309 g/mol. The third-order valence-corrected chi connectivity index (χ3v) is 3.53. The lowest BCUT2D eigenvalue weighted by molar-refractivity contribution is 0.792. The minimum Gasteiger partial charge on any atom is -0.372 e. The van der Waals surface area contributed by atoms with Gasteiger partial charge in [-0.3, -0.25) is 0 Å². The first kappa shape index (κ1) is 15.1. The SMILES string of the molecule is CCCN(CC)c1cccc(-c2nc(Cl)ncc2Cl)c1. The molecule has 0 atom stereocenters. The van der Waals surface area contributed by atoms with Crippen molar-refractivity contribution in [3.8, 4) is 11.3 Å². The first-order valence-corrected chi connectivity index (χ1v) is 7.44. The number of rotatable bonds is 5. The van der Waals surface area contributed by atoms with E-state index in [2.05, 4.69) is 40.8 Å². The van der Waals surface area contributed by atoms with Crippen LogP contribution in [0.2, 0.25) is 10.3 Å². The highest BCUT2D eigenvalue weighted by atomic mass is 35.5. The number of nitrogens with zero attached hydrogens (tertiary/aromatic N) is 3. The van der Waals surface area contributed by atoms with Gasteiger partial charge in [-0.2, -0.15) is 0 Å². The van der Waals surface area contributed by atoms with Gasteiger partial charge in [0.05, 0.1) is 16.9 Å². The molecule has 0 radical (unpaired) electrons. The average Bonchev–Trinajstić information content (AvgIpc) is 2.47. The molecule has 1 aromatic carbocycles. The Labute approximate surface area is 129 Å². The molecule has 20 heavy (non-hydrogen) atoms. The fourth-order valence-electron chi connectivity index (χ4n) is 2.14. The molecule has 0 unspecified atom stereocenters. The van der Waals surface area contributed by atoms with Gasteiger partial charge in [0.15, 0.2) is 0 Å². The number of benzene rings is 1. The van der Waals surface area contributed by atoms with Gasteiger partial charge in [-0.1, -0.05) is 30.7 Å². The van der Waals surface area contributed by atoms with E-state index in [-0.39, 0.29) is 5.28 Å². The van der Waals surface area contributed by atoms with E-state index in [1.54, 1.807) is 0 Å². The molecule has 0 saturated heterocycles. The standard InChI is InChI=1S/C15H17Cl2N3/c1-3-8-20(4-2)12-7-5-6-11(9-12)14-13(16)10-18-15(17)19-14/h5-7,9-10H,3-4,8H2,1-2H3. The van der Waals surface area contributed by atoms with Crippen LogP contribution in [0.3, 0.4) is 0 Å². The molecule has 0 fully saturated rings. The molecule has 1 aromatic heterocycles. The van der Waals surface area contributed by atoms with Gasteiger partial charge in [-0.05, 0) is 37.1 Å². The minimum absolute atomic E-state index is 0.204. The Morgan fingerprint density at radius 3 is 2.70 bits per heavy atom. The molecule has 5 heteroatoms. The molecule has 0 aliphatic heterocycles. The topological polar surface area (TPSA) is 29.0 Å². The first-order chi connectivity index (χ1) is 9.65. The fourth-order valence-corrected chi connectivity index (χ4v) is 2.47. The van der Waals surface area contributed by atoms with E-state index >= 15 is 0 Å². The predicted molar refractivity (Wildman–Crippen MR) is 85.7 cm³/mol. The third kappa shape index (κ3) is 3.41. The van der Waals surface area contributed by atoms with Crippen molar-refractivity contribution in [2.24, 2.45) is 0 Å². The summed E-state index contributed by atoms with van der Waals surface area (Å²) in [5, 5.41) is 0.709. The Morgan fingerprint density at radius 1 is 1.20 bits per heavy atom. The lowest BCUT2D eigenvalue weighted by Gasteiger charge is -2.23. The van der Waals surface area contributed by atoms with Gasteiger partial charge >= 0.3 is 0 Å². The second kappa shape index (κ2) is 6.91. The number of anilines is 1. The highest BCUT2D eigenvalue weighted by Gasteiger charge is 2.10. The summed E-state index contributed by atoms with van der Waals surface area (Å²) in [6, 6.07) is 8.17. The quantitative estimate of drug-likeness (QED) is 0.750. The summed E-state index contributed by atoms with van der Waals surface area (Å²) >= 11 is 12.0. The Morgan fingerprint density at radius 2 is 2.00 bits per heavy atom. The van der Waals surface area contributed by atoms with Crippen LogP contribution in [0.25, 0.3) is 11.3 Å². The van der Waals surface area contributed by atoms with E-state index in [0.29, 0.717) is 10.7 Å². The summed E-state index contributed by atoms with van der Waals surface area (Å²) in [5.41, 5.74) is 2.78. The van der Waals surface area contributed by atoms with Gasteiger partial charge in [0, 0.05) is 24.3 Å². The summed E-state index contributed by atoms with van der Waals surface area (Å²) in [6.07, 6.45) is 2.64. The Kier molecular flexibility index (Phi) is 5.21. The normalized spacial score (nSPS) is 10.6. The van der Waals surface area contributed by atoms with Gasteiger partial charge in [-0.15, -0.1) is 0 Å². The van der Waals surface area contributed by atoms with E-state index in [0.717, 1.165) is 30.8 Å². The van der Waals surface area contributed by atoms with Crippen LogP contribution < -0.4 is 4.90 Å². The lowest BCUT2D eigenvalue weighted by atomic mass is 10.1. The van der Waals surface area contributed by atoms with Crippen molar-refractivity contribution in [1.29, 1.82) is 0 Å². The Bertz CT molecular complexity index is 587. The van der Waals surface area contributed by atoms with Crippen molar-refractivity contribution in [3.05, 3.63) is 40.8 Å². The van der Waals surface area contributed by atoms with Crippen molar-refractivity contribution in [2.75, 3.05) is 18.0 Å². The largest absolute Gasteiger partial charge is 0.372 e. The zero-order valence-electron chi connectivity index (χ0n) is 11.6. The maximum Gasteiger partial charge on any atom is 0.222 e. The molecular formula is C15H17Cl2N3. The van der Waals surface area contributed by atoms with E-state index in [1.807, 2.05) is 12.1 Å². The lowest BCUT2D eigenvalue weighted by Crippen LogP contribution is -2.23. The van der Waals surface area contributed by atoms with Crippen LogP contribution in [0.4, 0.5) is 5.69 Å². The van der Waals surface area contributed by atoms with Crippen LogP contribution in [0.1, 0.15) is 20.3 Å². The number of hydrogen-bond donors (Lipinski definition) is 0. The van der Waals surface area contributed by atoms with Crippen molar-refractivity contribution >= 4 is 28.9 Å². The molecule has 0 spiro atoms. The molecule has 0 amide bonds. The summed E-state index contributed by atoms with van der Waals surface area (Å²) < 4.78 is 0. The van der Waals surface area contributed by atoms with E-state index in [4.69, 9.17) is 23.2 Å².